The van der Waals surface area contributed by atoms with Gasteiger partial charge in [0.05, 0.1) is 11.0 Å². The number of hydrogen-bond acceptors (Lipinski definition) is 4. The van der Waals surface area contributed by atoms with Crippen molar-refractivity contribution < 1.29 is 4.57 Å². The molecule has 7 heteroatoms. The summed E-state index contributed by atoms with van der Waals surface area (Å²) in [4.78, 5) is 13.0. The Morgan fingerprint density at radius 2 is 1.43 bits per heavy atom. The molecule has 0 atom stereocenters. The van der Waals surface area contributed by atoms with Crippen LogP contribution in [0, 0.1) is 11.6 Å². The highest BCUT2D eigenvalue weighted by Gasteiger charge is 2.35. The standard InChI is InChI=1S/C21H24N3O2PS/c1-5-23-20(28)19(16(2)24(21(23)25)22(3)4)27(26,17-12-8-6-9-13-17)18-14-10-7-11-15-18/h6-15H,5H2,1-4H3. The Hall–Kier alpha value is -2.43. The summed E-state index contributed by atoms with van der Waals surface area (Å²) in [6.45, 7) is 4.08. The number of rotatable bonds is 5. The molecule has 1 aromatic heterocycles. The molecule has 3 aromatic rings. The van der Waals surface area contributed by atoms with Crippen LogP contribution in [0.15, 0.2) is 65.5 Å². The maximum atomic E-state index is 14.8. The van der Waals surface area contributed by atoms with Crippen LogP contribution >= 0.6 is 19.4 Å². The first-order valence-corrected chi connectivity index (χ1v) is 11.2. The molecule has 0 bridgehead atoms. The van der Waals surface area contributed by atoms with Crippen LogP contribution in [-0.2, 0) is 11.1 Å². The summed E-state index contributed by atoms with van der Waals surface area (Å²) < 4.78 is 18.2. The number of hydrogen-bond donors (Lipinski definition) is 0. The topological polar surface area (TPSA) is 47.2 Å². The van der Waals surface area contributed by atoms with Gasteiger partial charge in [0.2, 0.25) is 0 Å². The van der Waals surface area contributed by atoms with Gasteiger partial charge in [-0.15, -0.1) is 0 Å². The van der Waals surface area contributed by atoms with E-state index in [1.807, 2.05) is 74.5 Å². The van der Waals surface area contributed by atoms with Crippen LogP contribution in [-0.4, -0.2) is 23.3 Å². The number of nitrogens with zero attached hydrogens (tertiary/aromatic N) is 3. The summed E-state index contributed by atoms with van der Waals surface area (Å²) in [5.74, 6) is 0. The molecule has 0 spiro atoms. The molecule has 3 rings (SSSR count). The molecular formula is C21H24N3O2PS. The second-order valence-corrected chi connectivity index (χ2v) is 9.79. The Balaban J connectivity index is 2.54. The van der Waals surface area contributed by atoms with Crippen LogP contribution < -0.4 is 26.6 Å². The van der Waals surface area contributed by atoms with Crippen molar-refractivity contribution in [3.05, 3.63) is 81.5 Å². The largest absolute Gasteiger partial charge is 0.348 e. The van der Waals surface area contributed by atoms with Gasteiger partial charge in [0, 0.05) is 31.2 Å². The predicted molar refractivity (Wildman–Crippen MR) is 119 cm³/mol. The van der Waals surface area contributed by atoms with E-state index in [1.54, 1.807) is 19.1 Å². The monoisotopic (exact) mass is 413 g/mol. The van der Waals surface area contributed by atoms with Gasteiger partial charge in [-0.25, -0.2) is 9.47 Å². The first kappa shape index (κ1) is 20.3. The van der Waals surface area contributed by atoms with Crippen LogP contribution in [0.3, 0.4) is 0 Å². The van der Waals surface area contributed by atoms with Crippen molar-refractivity contribution >= 4 is 35.3 Å². The maximum Gasteiger partial charge on any atom is 0.348 e. The zero-order valence-electron chi connectivity index (χ0n) is 16.5. The SMILES string of the molecule is CCn1c(=S)c(P(=O)(c2ccccc2)c2ccccc2)c(C)n(N(C)C)c1=O. The molecule has 146 valence electrons. The zero-order valence-corrected chi connectivity index (χ0v) is 18.2. The van der Waals surface area contributed by atoms with E-state index in [-0.39, 0.29) is 5.69 Å². The van der Waals surface area contributed by atoms with E-state index in [1.165, 1.54) is 9.24 Å². The Bertz CT molecular complexity index is 1110. The normalized spacial score (nSPS) is 11.4. The Morgan fingerprint density at radius 3 is 1.82 bits per heavy atom. The van der Waals surface area contributed by atoms with Gasteiger partial charge >= 0.3 is 5.69 Å². The molecule has 5 nitrogen and oxygen atoms in total. The highest BCUT2D eigenvalue weighted by Crippen LogP contribution is 2.43. The van der Waals surface area contributed by atoms with E-state index >= 15 is 0 Å². The van der Waals surface area contributed by atoms with Crippen LogP contribution in [0.5, 0.6) is 0 Å². The van der Waals surface area contributed by atoms with Gasteiger partial charge in [-0.3, -0.25) is 4.57 Å². The van der Waals surface area contributed by atoms with Crippen molar-refractivity contribution in [1.29, 1.82) is 0 Å². The van der Waals surface area contributed by atoms with Gasteiger partial charge in [-0.1, -0.05) is 72.9 Å². The molecule has 0 saturated carbocycles. The first-order valence-electron chi connectivity index (χ1n) is 9.10. The fourth-order valence-electron chi connectivity index (χ4n) is 3.52. The van der Waals surface area contributed by atoms with Crippen LogP contribution in [0.25, 0.3) is 0 Å². The van der Waals surface area contributed by atoms with E-state index in [9.17, 15) is 9.36 Å². The fraction of sp³-hybridized carbons (Fsp3) is 0.238. The minimum Gasteiger partial charge on any atom is -0.315 e. The number of benzene rings is 2. The second kappa shape index (κ2) is 7.90. The number of aromatic nitrogens is 2. The molecule has 28 heavy (non-hydrogen) atoms. The Labute approximate surface area is 170 Å². The summed E-state index contributed by atoms with van der Waals surface area (Å²) in [6.07, 6.45) is 0. The second-order valence-electron chi connectivity index (χ2n) is 6.71. The average Bonchev–Trinajstić information content (AvgIpc) is 2.69. The van der Waals surface area contributed by atoms with Crippen molar-refractivity contribution in [3.63, 3.8) is 0 Å². The molecule has 0 aliphatic rings. The van der Waals surface area contributed by atoms with Crippen molar-refractivity contribution in [3.8, 4) is 0 Å². The Morgan fingerprint density at radius 1 is 0.964 bits per heavy atom. The minimum absolute atomic E-state index is 0.230. The summed E-state index contributed by atoms with van der Waals surface area (Å²) in [5, 5.41) is 3.63. The third-order valence-electron chi connectivity index (χ3n) is 4.79. The summed E-state index contributed by atoms with van der Waals surface area (Å²) in [5.41, 5.74) is 0.368. The lowest BCUT2D eigenvalue weighted by Gasteiger charge is -2.27. The summed E-state index contributed by atoms with van der Waals surface area (Å²) in [6, 6.07) is 18.7. The lowest BCUT2D eigenvalue weighted by Crippen LogP contribution is -2.47. The van der Waals surface area contributed by atoms with Gasteiger partial charge in [0.1, 0.15) is 4.64 Å². The smallest absolute Gasteiger partial charge is 0.315 e. The summed E-state index contributed by atoms with van der Waals surface area (Å²) in [7, 11) is 0.288. The lowest BCUT2D eigenvalue weighted by molar-refractivity contribution is 0.573. The van der Waals surface area contributed by atoms with Crippen LogP contribution in [0.1, 0.15) is 12.6 Å². The van der Waals surface area contributed by atoms with Gasteiger partial charge in [0.25, 0.3) is 0 Å². The van der Waals surface area contributed by atoms with Gasteiger partial charge in [-0.2, -0.15) is 0 Å². The molecule has 2 aromatic carbocycles. The fourth-order valence-corrected chi connectivity index (χ4v) is 7.20. The van der Waals surface area contributed by atoms with Gasteiger partial charge in [-0.05, 0) is 13.8 Å². The molecule has 0 aliphatic carbocycles. The molecule has 0 saturated heterocycles. The molecule has 0 radical (unpaired) electrons. The summed E-state index contributed by atoms with van der Waals surface area (Å²) >= 11 is 5.72. The van der Waals surface area contributed by atoms with Crippen molar-refractivity contribution in [1.82, 2.24) is 9.24 Å². The van der Waals surface area contributed by atoms with Gasteiger partial charge < -0.3 is 9.57 Å². The molecule has 0 unspecified atom stereocenters. The molecule has 1 heterocycles. The van der Waals surface area contributed by atoms with Crippen LogP contribution in [0.4, 0.5) is 0 Å². The van der Waals surface area contributed by atoms with E-state index in [0.717, 1.165) is 0 Å². The van der Waals surface area contributed by atoms with Crippen molar-refractivity contribution in [2.75, 3.05) is 19.1 Å². The van der Waals surface area contributed by atoms with Crippen LogP contribution in [0.2, 0.25) is 0 Å². The van der Waals surface area contributed by atoms with E-state index in [0.29, 0.717) is 32.8 Å². The highest BCUT2D eigenvalue weighted by atomic mass is 32.1. The maximum absolute atomic E-state index is 14.8. The molecule has 0 fully saturated rings. The van der Waals surface area contributed by atoms with E-state index < -0.39 is 7.14 Å². The minimum atomic E-state index is -3.29. The molecule has 0 N–H and O–H groups in total. The van der Waals surface area contributed by atoms with E-state index in [2.05, 4.69) is 0 Å². The van der Waals surface area contributed by atoms with Crippen molar-refractivity contribution in [2.24, 2.45) is 0 Å². The Kier molecular flexibility index (Phi) is 5.73. The molecule has 0 aliphatic heterocycles. The molecule has 0 amide bonds. The first-order chi connectivity index (χ1) is 13.3. The average molecular weight is 413 g/mol. The van der Waals surface area contributed by atoms with E-state index in [4.69, 9.17) is 12.2 Å². The highest BCUT2D eigenvalue weighted by molar-refractivity contribution is 7.86. The third-order valence-corrected chi connectivity index (χ3v) is 8.58. The van der Waals surface area contributed by atoms with Crippen molar-refractivity contribution in [2.45, 2.75) is 20.4 Å². The third kappa shape index (κ3) is 3.17. The molecular weight excluding hydrogens is 389 g/mol. The predicted octanol–water partition coefficient (Wildman–Crippen LogP) is 2.54. The van der Waals surface area contributed by atoms with Gasteiger partial charge in [0.15, 0.2) is 7.14 Å². The quantitative estimate of drug-likeness (QED) is 0.477. The lowest BCUT2D eigenvalue weighted by atomic mass is 10.4. The zero-order chi connectivity index (χ0) is 20.5.